The fourth-order valence-corrected chi connectivity index (χ4v) is 1.17. The van der Waals surface area contributed by atoms with Crippen molar-refractivity contribution in [1.82, 2.24) is 0 Å². The molecule has 0 bridgehead atoms. The van der Waals surface area contributed by atoms with Gasteiger partial charge in [-0.1, -0.05) is 12.1 Å². The van der Waals surface area contributed by atoms with Gasteiger partial charge in [-0.05, 0) is 17.7 Å². The van der Waals surface area contributed by atoms with Crippen molar-refractivity contribution in [1.29, 1.82) is 0 Å². The van der Waals surface area contributed by atoms with E-state index in [4.69, 9.17) is 5.11 Å². The molecule has 0 amide bonds. The largest absolute Gasteiger partial charge is 0.394 e. The van der Waals surface area contributed by atoms with Crippen LogP contribution in [-0.2, 0) is 0 Å². The summed E-state index contributed by atoms with van der Waals surface area (Å²) in [6, 6.07) is 7.00. The summed E-state index contributed by atoms with van der Waals surface area (Å²) in [5.41, 5.74) is 1.52. The molecule has 4 N–H and O–H groups in total. The zero-order chi connectivity index (χ0) is 10.6. The van der Waals surface area contributed by atoms with Crippen molar-refractivity contribution in [3.8, 4) is 0 Å². The zero-order valence-electron chi connectivity index (χ0n) is 8.01. The molecule has 0 spiro atoms. The summed E-state index contributed by atoms with van der Waals surface area (Å²) in [7, 11) is 1.80. The van der Waals surface area contributed by atoms with Gasteiger partial charge in [0.2, 0.25) is 0 Å². The minimum Gasteiger partial charge on any atom is -0.394 e. The molecule has 78 valence electrons. The van der Waals surface area contributed by atoms with Crippen LogP contribution in [0.4, 0.5) is 5.69 Å². The van der Waals surface area contributed by atoms with Gasteiger partial charge in [0.1, 0.15) is 12.2 Å². The molecule has 0 aromatic heterocycles. The van der Waals surface area contributed by atoms with Crippen molar-refractivity contribution in [2.75, 3.05) is 19.0 Å². The molecule has 0 saturated carbocycles. The van der Waals surface area contributed by atoms with Crippen molar-refractivity contribution in [3.05, 3.63) is 29.8 Å². The number of hydrogen-bond acceptors (Lipinski definition) is 4. The lowest BCUT2D eigenvalue weighted by molar-refractivity contribution is -0.0152. The molecule has 14 heavy (non-hydrogen) atoms. The molecule has 0 saturated heterocycles. The molecule has 1 aromatic rings. The van der Waals surface area contributed by atoms with Crippen LogP contribution in [0.5, 0.6) is 0 Å². The van der Waals surface area contributed by atoms with Gasteiger partial charge in [0.05, 0.1) is 6.61 Å². The zero-order valence-corrected chi connectivity index (χ0v) is 8.01. The third kappa shape index (κ3) is 2.45. The number of hydrogen-bond donors (Lipinski definition) is 4. The van der Waals surface area contributed by atoms with Crippen LogP contribution in [0.1, 0.15) is 11.7 Å². The second-order valence-electron chi connectivity index (χ2n) is 3.07. The quantitative estimate of drug-likeness (QED) is 0.553. The molecule has 4 heteroatoms. The first-order valence-electron chi connectivity index (χ1n) is 4.43. The van der Waals surface area contributed by atoms with E-state index in [0.717, 1.165) is 5.69 Å². The van der Waals surface area contributed by atoms with E-state index in [1.54, 1.807) is 31.3 Å². The Labute approximate surface area is 82.8 Å². The molecule has 2 unspecified atom stereocenters. The molecule has 0 fully saturated rings. The maximum atomic E-state index is 9.52. The molecular weight excluding hydrogens is 182 g/mol. The van der Waals surface area contributed by atoms with Gasteiger partial charge in [0.25, 0.3) is 0 Å². The number of benzene rings is 1. The maximum Gasteiger partial charge on any atom is 0.107 e. The molecule has 1 aromatic carbocycles. The van der Waals surface area contributed by atoms with Crippen molar-refractivity contribution in [2.24, 2.45) is 0 Å². The highest BCUT2D eigenvalue weighted by Gasteiger charge is 2.16. The molecule has 1 rings (SSSR count). The molecule has 0 aliphatic carbocycles. The first-order chi connectivity index (χ1) is 6.69. The second kappa shape index (κ2) is 4.95. The number of rotatable bonds is 4. The van der Waals surface area contributed by atoms with E-state index in [1.165, 1.54) is 0 Å². The van der Waals surface area contributed by atoms with Gasteiger partial charge in [-0.2, -0.15) is 0 Å². The minimum absolute atomic E-state index is 0.449. The van der Waals surface area contributed by atoms with Gasteiger partial charge in [-0.25, -0.2) is 0 Å². The van der Waals surface area contributed by atoms with Crippen molar-refractivity contribution in [2.45, 2.75) is 12.2 Å². The first kappa shape index (κ1) is 11.0. The summed E-state index contributed by atoms with van der Waals surface area (Å²) in [6.45, 7) is -0.449. The van der Waals surface area contributed by atoms with Crippen LogP contribution in [0, 0.1) is 0 Å². The average molecular weight is 197 g/mol. The number of aliphatic hydroxyl groups is 3. The van der Waals surface area contributed by atoms with E-state index in [9.17, 15) is 10.2 Å². The van der Waals surface area contributed by atoms with Gasteiger partial charge in [0.15, 0.2) is 0 Å². The predicted octanol–water partition coefficient (Wildman–Crippen LogP) is 0.115. The van der Waals surface area contributed by atoms with E-state index in [0.29, 0.717) is 5.56 Å². The number of anilines is 1. The van der Waals surface area contributed by atoms with Gasteiger partial charge >= 0.3 is 0 Å². The smallest absolute Gasteiger partial charge is 0.107 e. The molecule has 0 aliphatic heterocycles. The van der Waals surface area contributed by atoms with E-state index >= 15 is 0 Å². The Morgan fingerprint density at radius 2 is 1.79 bits per heavy atom. The maximum absolute atomic E-state index is 9.52. The van der Waals surface area contributed by atoms with Crippen molar-refractivity contribution >= 4 is 5.69 Å². The Morgan fingerprint density at radius 1 is 1.21 bits per heavy atom. The van der Waals surface area contributed by atoms with E-state index < -0.39 is 18.8 Å². The standard InChI is InChI=1S/C10H15NO3/c1-11-8-4-2-7(3-5-8)10(14)9(13)6-12/h2-5,9-14H,6H2,1H3. The fraction of sp³-hybridized carbons (Fsp3) is 0.400. The molecule has 0 aliphatic rings. The predicted molar refractivity (Wildman–Crippen MR) is 54.0 cm³/mol. The van der Waals surface area contributed by atoms with Gasteiger partial charge in [-0.3, -0.25) is 0 Å². The highest BCUT2D eigenvalue weighted by molar-refractivity contribution is 5.44. The SMILES string of the molecule is CNc1ccc(C(O)C(O)CO)cc1. The summed E-state index contributed by atoms with van der Waals surface area (Å²) in [5, 5.41) is 30.3. The monoisotopic (exact) mass is 197 g/mol. The van der Waals surface area contributed by atoms with Crippen molar-refractivity contribution in [3.63, 3.8) is 0 Å². The van der Waals surface area contributed by atoms with Crippen LogP contribution >= 0.6 is 0 Å². The van der Waals surface area contributed by atoms with Crippen LogP contribution in [0.3, 0.4) is 0 Å². The lowest BCUT2D eigenvalue weighted by atomic mass is 10.0. The Hall–Kier alpha value is -1.10. The van der Waals surface area contributed by atoms with Crippen molar-refractivity contribution < 1.29 is 15.3 Å². The number of nitrogens with one attached hydrogen (secondary N) is 1. The van der Waals surface area contributed by atoms with E-state index in [-0.39, 0.29) is 0 Å². The molecule has 0 radical (unpaired) electrons. The van der Waals surface area contributed by atoms with Crippen LogP contribution in [-0.4, -0.2) is 35.1 Å². The van der Waals surface area contributed by atoms with E-state index in [2.05, 4.69) is 5.32 Å². The Balaban J connectivity index is 2.75. The topological polar surface area (TPSA) is 72.7 Å². The van der Waals surface area contributed by atoms with Crippen LogP contribution in [0.15, 0.2) is 24.3 Å². The third-order valence-corrected chi connectivity index (χ3v) is 2.09. The Bertz CT molecular complexity index is 273. The Morgan fingerprint density at radius 3 is 2.21 bits per heavy atom. The first-order valence-corrected chi connectivity index (χ1v) is 4.43. The lowest BCUT2D eigenvalue weighted by Gasteiger charge is -2.16. The molecular formula is C10H15NO3. The highest BCUT2D eigenvalue weighted by atomic mass is 16.4. The highest BCUT2D eigenvalue weighted by Crippen LogP contribution is 2.18. The summed E-state index contributed by atoms with van der Waals surface area (Å²) in [4.78, 5) is 0. The third-order valence-electron chi connectivity index (χ3n) is 2.09. The lowest BCUT2D eigenvalue weighted by Crippen LogP contribution is -2.21. The van der Waals surface area contributed by atoms with Gasteiger partial charge in [-0.15, -0.1) is 0 Å². The number of aliphatic hydroxyl groups excluding tert-OH is 3. The normalized spacial score (nSPS) is 14.9. The Kier molecular flexibility index (Phi) is 3.88. The van der Waals surface area contributed by atoms with Crippen LogP contribution in [0.2, 0.25) is 0 Å². The molecule has 2 atom stereocenters. The van der Waals surface area contributed by atoms with E-state index in [1.807, 2.05) is 0 Å². The summed E-state index contributed by atoms with van der Waals surface area (Å²) in [5.74, 6) is 0. The summed E-state index contributed by atoms with van der Waals surface area (Å²) >= 11 is 0. The fourth-order valence-electron chi connectivity index (χ4n) is 1.17. The minimum atomic E-state index is -1.13. The van der Waals surface area contributed by atoms with Crippen LogP contribution < -0.4 is 5.32 Å². The summed E-state index contributed by atoms with van der Waals surface area (Å²) < 4.78 is 0. The summed E-state index contributed by atoms with van der Waals surface area (Å²) in [6.07, 6.45) is -2.17. The molecule has 0 heterocycles. The van der Waals surface area contributed by atoms with Crippen LogP contribution in [0.25, 0.3) is 0 Å². The average Bonchev–Trinajstić information content (AvgIpc) is 2.27. The van der Waals surface area contributed by atoms with Gasteiger partial charge < -0.3 is 20.6 Å². The second-order valence-corrected chi connectivity index (χ2v) is 3.07. The molecule has 4 nitrogen and oxygen atoms in total. The van der Waals surface area contributed by atoms with Gasteiger partial charge in [0, 0.05) is 12.7 Å².